The Bertz CT molecular complexity index is 628. The van der Waals surface area contributed by atoms with Crippen molar-refractivity contribution in [1.29, 1.82) is 0 Å². The zero-order valence-electron chi connectivity index (χ0n) is 11.9. The van der Waals surface area contributed by atoms with Crippen LogP contribution in [0.3, 0.4) is 0 Å². The number of hydrogen-bond acceptors (Lipinski definition) is 5. The molecule has 0 saturated carbocycles. The maximum Gasteiger partial charge on any atom is 0.361 e. The van der Waals surface area contributed by atoms with Crippen LogP contribution in [0.1, 0.15) is 30.8 Å². The van der Waals surface area contributed by atoms with Gasteiger partial charge in [-0.2, -0.15) is 10.3 Å². The summed E-state index contributed by atoms with van der Waals surface area (Å²) in [6.45, 7) is 4.27. The summed E-state index contributed by atoms with van der Waals surface area (Å²) < 4.78 is 23.9. The van der Waals surface area contributed by atoms with Crippen molar-refractivity contribution in [3.05, 3.63) is 29.7 Å². The van der Waals surface area contributed by atoms with Crippen molar-refractivity contribution in [2.24, 2.45) is 0 Å². The Kier molecular flexibility index (Phi) is 4.86. The van der Waals surface area contributed by atoms with Gasteiger partial charge in [0.25, 0.3) is 0 Å². The zero-order valence-corrected chi connectivity index (χ0v) is 11.9. The second-order valence-corrected chi connectivity index (χ2v) is 4.23. The third kappa shape index (κ3) is 3.36. The summed E-state index contributed by atoms with van der Waals surface area (Å²) in [7, 11) is 0. The standard InChI is InChI=1S/C14H16FN3O3/c1-3-7-21-11-8-9(5-6-10(11)15)12-13(17-18-16-12)14(19)20-4-2/h5-6,8H,3-4,7H2,1-2H3,(H,16,17,18). The third-order valence-electron chi connectivity index (χ3n) is 2.68. The molecule has 2 rings (SSSR count). The topological polar surface area (TPSA) is 77.1 Å². The Morgan fingerprint density at radius 2 is 2.14 bits per heavy atom. The summed E-state index contributed by atoms with van der Waals surface area (Å²) in [5.41, 5.74) is 0.888. The van der Waals surface area contributed by atoms with E-state index in [9.17, 15) is 9.18 Å². The van der Waals surface area contributed by atoms with E-state index in [1.807, 2.05) is 6.92 Å². The molecule has 0 atom stereocenters. The van der Waals surface area contributed by atoms with Gasteiger partial charge in [0.2, 0.25) is 0 Å². The molecule has 1 N–H and O–H groups in total. The normalized spacial score (nSPS) is 10.4. The van der Waals surface area contributed by atoms with Crippen LogP contribution in [0.4, 0.5) is 4.39 Å². The molecule has 0 aliphatic rings. The predicted molar refractivity (Wildman–Crippen MR) is 73.5 cm³/mol. The molecule has 0 radical (unpaired) electrons. The number of nitrogens with one attached hydrogen (secondary N) is 1. The van der Waals surface area contributed by atoms with Crippen molar-refractivity contribution in [1.82, 2.24) is 15.4 Å². The average molecular weight is 293 g/mol. The molecule has 2 aromatic rings. The zero-order chi connectivity index (χ0) is 15.2. The van der Waals surface area contributed by atoms with Gasteiger partial charge in [0.15, 0.2) is 17.3 Å². The van der Waals surface area contributed by atoms with E-state index >= 15 is 0 Å². The molecule has 0 saturated heterocycles. The van der Waals surface area contributed by atoms with E-state index in [0.29, 0.717) is 17.9 Å². The maximum absolute atomic E-state index is 13.7. The second kappa shape index (κ2) is 6.83. The number of rotatable bonds is 6. The van der Waals surface area contributed by atoms with Crippen molar-refractivity contribution in [3.63, 3.8) is 0 Å². The van der Waals surface area contributed by atoms with Crippen LogP contribution in [0, 0.1) is 5.82 Å². The Hall–Kier alpha value is -2.44. The highest BCUT2D eigenvalue weighted by Gasteiger charge is 2.20. The van der Waals surface area contributed by atoms with Crippen LogP contribution in [0.5, 0.6) is 5.75 Å². The predicted octanol–water partition coefficient (Wildman–Crippen LogP) is 2.58. The van der Waals surface area contributed by atoms with Crippen molar-refractivity contribution in [2.45, 2.75) is 20.3 Å². The molecule has 0 aliphatic carbocycles. The van der Waals surface area contributed by atoms with Gasteiger partial charge in [0, 0.05) is 5.56 Å². The minimum Gasteiger partial charge on any atom is -0.491 e. The highest BCUT2D eigenvalue weighted by Crippen LogP contribution is 2.27. The van der Waals surface area contributed by atoms with Gasteiger partial charge in [-0.3, -0.25) is 0 Å². The molecule has 0 unspecified atom stereocenters. The largest absolute Gasteiger partial charge is 0.491 e. The monoisotopic (exact) mass is 293 g/mol. The highest BCUT2D eigenvalue weighted by atomic mass is 19.1. The quantitative estimate of drug-likeness (QED) is 0.828. The first-order valence-corrected chi connectivity index (χ1v) is 6.68. The molecule has 112 valence electrons. The molecule has 1 aromatic carbocycles. The van der Waals surface area contributed by atoms with Crippen LogP contribution in [-0.2, 0) is 4.74 Å². The first-order chi connectivity index (χ1) is 10.2. The molecule has 0 spiro atoms. The highest BCUT2D eigenvalue weighted by molar-refractivity contribution is 5.93. The van der Waals surface area contributed by atoms with E-state index in [1.165, 1.54) is 18.2 Å². The molecule has 1 aromatic heterocycles. The number of benzene rings is 1. The summed E-state index contributed by atoms with van der Waals surface area (Å²) in [5.74, 6) is -0.929. The molecule has 21 heavy (non-hydrogen) atoms. The lowest BCUT2D eigenvalue weighted by Crippen LogP contribution is -2.07. The Labute approximate surface area is 121 Å². The number of carbonyl (C=O) groups excluding carboxylic acids is 1. The minimum atomic E-state index is -0.582. The fourth-order valence-corrected chi connectivity index (χ4v) is 1.75. The van der Waals surface area contributed by atoms with Crippen LogP contribution in [-0.4, -0.2) is 34.6 Å². The minimum absolute atomic E-state index is 0.0601. The first-order valence-electron chi connectivity index (χ1n) is 6.68. The molecular formula is C14H16FN3O3. The molecule has 6 nitrogen and oxygen atoms in total. The van der Waals surface area contributed by atoms with Gasteiger partial charge in [-0.25, -0.2) is 9.18 Å². The second-order valence-electron chi connectivity index (χ2n) is 4.23. The maximum atomic E-state index is 13.7. The smallest absolute Gasteiger partial charge is 0.361 e. The van der Waals surface area contributed by atoms with E-state index in [0.717, 1.165) is 6.42 Å². The lowest BCUT2D eigenvalue weighted by atomic mass is 10.1. The van der Waals surface area contributed by atoms with Gasteiger partial charge in [0.1, 0.15) is 5.69 Å². The summed E-state index contributed by atoms with van der Waals surface area (Å²) >= 11 is 0. The van der Waals surface area contributed by atoms with E-state index in [1.54, 1.807) is 6.92 Å². The van der Waals surface area contributed by atoms with Crippen molar-refractivity contribution < 1.29 is 18.7 Å². The molecule has 0 bridgehead atoms. The summed E-state index contributed by atoms with van der Waals surface area (Å²) in [6, 6.07) is 4.27. The average Bonchev–Trinajstić information content (AvgIpc) is 2.96. The molecular weight excluding hydrogens is 277 g/mol. The lowest BCUT2D eigenvalue weighted by Gasteiger charge is -2.07. The molecule has 0 fully saturated rings. The van der Waals surface area contributed by atoms with Gasteiger partial charge in [-0.1, -0.05) is 6.92 Å². The van der Waals surface area contributed by atoms with E-state index in [4.69, 9.17) is 9.47 Å². The van der Waals surface area contributed by atoms with Crippen LogP contribution >= 0.6 is 0 Å². The number of nitrogens with zero attached hydrogens (tertiary/aromatic N) is 2. The number of esters is 1. The van der Waals surface area contributed by atoms with Gasteiger partial charge in [0.05, 0.1) is 13.2 Å². The number of ether oxygens (including phenoxy) is 2. The van der Waals surface area contributed by atoms with Gasteiger partial charge in [-0.15, -0.1) is 5.10 Å². The van der Waals surface area contributed by atoms with Gasteiger partial charge in [-0.05, 0) is 31.5 Å². The molecule has 0 aliphatic heterocycles. The SMILES string of the molecule is CCCOc1cc(-c2n[nH]nc2C(=O)OCC)ccc1F. The summed E-state index contributed by atoms with van der Waals surface area (Å²) in [4.78, 5) is 11.8. The Morgan fingerprint density at radius 3 is 2.86 bits per heavy atom. The number of halogens is 1. The summed E-state index contributed by atoms with van der Waals surface area (Å²) in [5, 5.41) is 10.1. The fourth-order valence-electron chi connectivity index (χ4n) is 1.75. The van der Waals surface area contributed by atoms with Crippen molar-refractivity contribution >= 4 is 5.97 Å². The van der Waals surface area contributed by atoms with E-state index in [2.05, 4.69) is 15.4 Å². The van der Waals surface area contributed by atoms with Crippen LogP contribution in [0.25, 0.3) is 11.3 Å². The first kappa shape index (κ1) is 15.0. The number of H-pyrrole nitrogens is 1. The number of aromatic amines is 1. The lowest BCUT2D eigenvalue weighted by molar-refractivity contribution is 0.0520. The summed E-state index contributed by atoms with van der Waals surface area (Å²) in [6.07, 6.45) is 0.766. The number of aromatic nitrogens is 3. The molecule has 0 amide bonds. The van der Waals surface area contributed by atoms with Crippen molar-refractivity contribution in [2.75, 3.05) is 13.2 Å². The Balaban J connectivity index is 2.34. The van der Waals surface area contributed by atoms with Gasteiger partial charge >= 0.3 is 5.97 Å². The fraction of sp³-hybridized carbons (Fsp3) is 0.357. The van der Waals surface area contributed by atoms with Gasteiger partial charge < -0.3 is 9.47 Å². The van der Waals surface area contributed by atoms with Crippen LogP contribution < -0.4 is 4.74 Å². The van der Waals surface area contributed by atoms with Crippen LogP contribution in [0.15, 0.2) is 18.2 Å². The van der Waals surface area contributed by atoms with E-state index in [-0.39, 0.29) is 18.1 Å². The number of carbonyl (C=O) groups is 1. The van der Waals surface area contributed by atoms with Crippen LogP contribution in [0.2, 0.25) is 0 Å². The third-order valence-corrected chi connectivity index (χ3v) is 2.68. The Morgan fingerprint density at radius 1 is 1.33 bits per heavy atom. The van der Waals surface area contributed by atoms with Crippen molar-refractivity contribution in [3.8, 4) is 17.0 Å². The molecule has 7 heteroatoms. The number of hydrogen-bond donors (Lipinski definition) is 1. The molecule has 1 heterocycles. The van der Waals surface area contributed by atoms with E-state index < -0.39 is 11.8 Å².